The van der Waals surface area contributed by atoms with E-state index in [9.17, 15) is 13.2 Å². The third-order valence-corrected chi connectivity index (χ3v) is 5.64. The minimum atomic E-state index is -3.97. The molecule has 0 atom stereocenters. The van der Waals surface area contributed by atoms with Crippen molar-refractivity contribution in [2.24, 2.45) is 0 Å². The smallest absolute Gasteiger partial charge is 0.347 e. The molecular formula is C11H9BrN2O4S2. The van der Waals surface area contributed by atoms with Crippen molar-refractivity contribution in [1.29, 1.82) is 0 Å². The second kappa shape index (κ2) is 5.51. The van der Waals surface area contributed by atoms with Crippen LogP contribution in [0.15, 0.2) is 32.9 Å². The highest BCUT2D eigenvalue weighted by Crippen LogP contribution is 2.24. The van der Waals surface area contributed by atoms with E-state index in [2.05, 4.69) is 25.6 Å². The molecule has 2 N–H and O–H groups in total. The Bertz CT molecular complexity index is 770. The van der Waals surface area contributed by atoms with Crippen LogP contribution < -0.4 is 4.72 Å². The molecule has 0 aromatic carbocycles. The van der Waals surface area contributed by atoms with Crippen molar-refractivity contribution in [3.8, 4) is 0 Å². The second-order valence-corrected chi connectivity index (χ2v) is 7.21. The molecule has 6 nitrogen and oxygen atoms in total. The fourth-order valence-corrected chi connectivity index (χ4v) is 3.94. The molecule has 2 aromatic heterocycles. The zero-order valence-electron chi connectivity index (χ0n) is 10.1. The number of aryl methyl sites for hydroxylation is 1. The van der Waals surface area contributed by atoms with E-state index in [-0.39, 0.29) is 15.6 Å². The van der Waals surface area contributed by atoms with E-state index in [0.29, 0.717) is 5.69 Å². The van der Waals surface area contributed by atoms with Gasteiger partial charge in [-0.15, -0.1) is 11.3 Å². The topological polar surface area (TPSA) is 96.4 Å². The summed E-state index contributed by atoms with van der Waals surface area (Å²) in [5, 5.41) is 10.4. The Labute approximate surface area is 127 Å². The van der Waals surface area contributed by atoms with Crippen LogP contribution in [0.4, 0.5) is 5.82 Å². The first-order valence-electron chi connectivity index (χ1n) is 5.28. The molecule has 0 radical (unpaired) electrons. The molecule has 2 rings (SSSR count). The summed E-state index contributed by atoms with van der Waals surface area (Å²) in [6.07, 6.45) is 0. The van der Waals surface area contributed by atoms with Crippen molar-refractivity contribution in [3.05, 3.63) is 38.6 Å². The number of sulfonamides is 1. The lowest BCUT2D eigenvalue weighted by Gasteiger charge is -2.08. The van der Waals surface area contributed by atoms with Crippen molar-refractivity contribution < 1.29 is 18.3 Å². The SMILES string of the molecule is Cc1nc(NS(=O)(=O)c2ccsc2C(=O)O)ccc1Br. The highest BCUT2D eigenvalue weighted by molar-refractivity contribution is 9.10. The van der Waals surface area contributed by atoms with E-state index in [1.807, 2.05) is 0 Å². The van der Waals surface area contributed by atoms with Crippen LogP contribution >= 0.6 is 27.3 Å². The number of nitrogens with one attached hydrogen (secondary N) is 1. The highest BCUT2D eigenvalue weighted by Gasteiger charge is 2.24. The Morgan fingerprint density at radius 3 is 2.70 bits per heavy atom. The minimum absolute atomic E-state index is 0.133. The third-order valence-electron chi connectivity index (χ3n) is 2.37. The number of carboxylic acids is 1. The summed E-state index contributed by atoms with van der Waals surface area (Å²) < 4.78 is 27.3. The van der Waals surface area contributed by atoms with Crippen LogP contribution in [0.25, 0.3) is 0 Å². The monoisotopic (exact) mass is 376 g/mol. The van der Waals surface area contributed by atoms with Crippen LogP contribution in [-0.4, -0.2) is 24.5 Å². The quantitative estimate of drug-likeness (QED) is 0.854. The van der Waals surface area contributed by atoms with E-state index in [0.717, 1.165) is 15.8 Å². The van der Waals surface area contributed by atoms with Crippen LogP contribution in [0.3, 0.4) is 0 Å². The summed E-state index contributed by atoms with van der Waals surface area (Å²) in [7, 11) is -3.97. The Morgan fingerprint density at radius 1 is 1.40 bits per heavy atom. The molecule has 0 saturated heterocycles. The zero-order valence-corrected chi connectivity index (χ0v) is 13.3. The highest BCUT2D eigenvalue weighted by atomic mass is 79.9. The van der Waals surface area contributed by atoms with E-state index in [1.54, 1.807) is 13.0 Å². The van der Waals surface area contributed by atoms with Crippen molar-refractivity contribution in [2.75, 3.05) is 4.72 Å². The lowest BCUT2D eigenvalue weighted by Crippen LogP contribution is -2.16. The van der Waals surface area contributed by atoms with Gasteiger partial charge in [0, 0.05) is 4.47 Å². The van der Waals surface area contributed by atoms with E-state index >= 15 is 0 Å². The average Bonchev–Trinajstić information content (AvgIpc) is 2.83. The zero-order chi connectivity index (χ0) is 14.9. The van der Waals surface area contributed by atoms with Gasteiger partial charge in [-0.2, -0.15) is 0 Å². The summed E-state index contributed by atoms with van der Waals surface area (Å²) in [6.45, 7) is 1.72. The van der Waals surface area contributed by atoms with Crippen molar-refractivity contribution in [3.63, 3.8) is 0 Å². The molecule has 0 aliphatic carbocycles. The minimum Gasteiger partial charge on any atom is -0.477 e. The van der Waals surface area contributed by atoms with Gasteiger partial charge in [0.2, 0.25) is 0 Å². The predicted molar refractivity (Wildman–Crippen MR) is 78.8 cm³/mol. The molecule has 2 heterocycles. The largest absolute Gasteiger partial charge is 0.477 e. The van der Waals surface area contributed by atoms with Gasteiger partial charge < -0.3 is 5.11 Å². The van der Waals surface area contributed by atoms with Crippen LogP contribution in [0.1, 0.15) is 15.4 Å². The van der Waals surface area contributed by atoms with Gasteiger partial charge in [0.1, 0.15) is 15.6 Å². The summed E-state index contributed by atoms with van der Waals surface area (Å²) in [6, 6.07) is 4.40. The number of hydrogen-bond acceptors (Lipinski definition) is 5. The van der Waals surface area contributed by atoms with Gasteiger partial charge in [-0.1, -0.05) is 0 Å². The van der Waals surface area contributed by atoms with E-state index in [1.165, 1.54) is 17.5 Å². The normalized spacial score (nSPS) is 11.3. The molecule has 0 bridgehead atoms. The maximum absolute atomic E-state index is 12.2. The molecule has 2 aromatic rings. The standard InChI is InChI=1S/C11H9BrN2O4S2/c1-6-7(12)2-3-9(13-6)14-20(17,18)8-4-5-19-10(8)11(15)16/h2-5H,1H3,(H,13,14)(H,15,16). The summed E-state index contributed by atoms with van der Waals surface area (Å²) in [5.74, 6) is -1.14. The number of carbonyl (C=O) groups is 1. The molecular weight excluding hydrogens is 368 g/mol. The second-order valence-electron chi connectivity index (χ2n) is 3.79. The summed E-state index contributed by atoms with van der Waals surface area (Å²) in [4.78, 5) is 14.5. The number of anilines is 1. The van der Waals surface area contributed by atoms with Gasteiger partial charge in [-0.3, -0.25) is 4.72 Å². The van der Waals surface area contributed by atoms with Gasteiger partial charge in [0.05, 0.1) is 5.69 Å². The molecule has 0 amide bonds. The number of rotatable bonds is 4. The van der Waals surface area contributed by atoms with Crippen LogP contribution in [0.2, 0.25) is 0 Å². The van der Waals surface area contributed by atoms with Crippen LogP contribution in [0, 0.1) is 6.92 Å². The predicted octanol–water partition coefficient (Wildman–Crippen LogP) is 2.71. The number of thiophene rings is 1. The van der Waals surface area contributed by atoms with Gasteiger partial charge in [-0.05, 0) is 46.4 Å². The number of aromatic carboxylic acids is 1. The van der Waals surface area contributed by atoms with Gasteiger partial charge in [-0.25, -0.2) is 18.2 Å². The van der Waals surface area contributed by atoms with Crippen molar-refractivity contribution >= 4 is 49.1 Å². The molecule has 0 aliphatic rings. The number of halogens is 1. The van der Waals surface area contributed by atoms with Crippen molar-refractivity contribution in [2.45, 2.75) is 11.8 Å². The fraction of sp³-hybridized carbons (Fsp3) is 0.0909. The van der Waals surface area contributed by atoms with Crippen LogP contribution in [0.5, 0.6) is 0 Å². The molecule has 0 spiro atoms. The number of pyridine rings is 1. The Hall–Kier alpha value is -1.45. The Morgan fingerprint density at radius 2 is 2.10 bits per heavy atom. The molecule has 0 aliphatic heterocycles. The number of carboxylic acid groups (broad SMARTS) is 1. The summed E-state index contributed by atoms with van der Waals surface area (Å²) >= 11 is 4.12. The Kier molecular flexibility index (Phi) is 4.11. The van der Waals surface area contributed by atoms with Gasteiger partial charge in [0.25, 0.3) is 10.0 Å². The van der Waals surface area contributed by atoms with E-state index in [4.69, 9.17) is 5.11 Å². The number of aromatic nitrogens is 1. The fourth-order valence-electron chi connectivity index (χ4n) is 1.46. The van der Waals surface area contributed by atoms with Gasteiger partial charge in [0.15, 0.2) is 0 Å². The molecule has 9 heteroatoms. The molecule has 106 valence electrons. The first-order valence-corrected chi connectivity index (χ1v) is 8.43. The molecule has 0 unspecified atom stereocenters. The Balaban J connectivity index is 2.38. The lowest BCUT2D eigenvalue weighted by atomic mass is 10.4. The first kappa shape index (κ1) is 14.9. The van der Waals surface area contributed by atoms with E-state index < -0.39 is 16.0 Å². The first-order chi connectivity index (χ1) is 9.31. The maximum Gasteiger partial charge on any atom is 0.347 e. The number of hydrogen-bond donors (Lipinski definition) is 2. The number of nitrogens with zero attached hydrogens (tertiary/aromatic N) is 1. The summed E-state index contributed by atoms with van der Waals surface area (Å²) in [5.41, 5.74) is 0.619. The van der Waals surface area contributed by atoms with Crippen molar-refractivity contribution in [1.82, 2.24) is 4.98 Å². The maximum atomic E-state index is 12.2. The van der Waals surface area contributed by atoms with Crippen LogP contribution in [-0.2, 0) is 10.0 Å². The molecule has 0 saturated carbocycles. The molecule has 0 fully saturated rings. The lowest BCUT2D eigenvalue weighted by molar-refractivity contribution is 0.0698. The molecule has 20 heavy (non-hydrogen) atoms. The average molecular weight is 377 g/mol. The third kappa shape index (κ3) is 3.00. The van der Waals surface area contributed by atoms with Gasteiger partial charge >= 0.3 is 5.97 Å².